The van der Waals surface area contributed by atoms with Crippen LogP contribution in [0.15, 0.2) is 35.0 Å². The minimum atomic E-state index is -0.681. The minimum Gasteiger partial charge on any atom is -0.304 e. The number of hydrogen-bond donors (Lipinski definition) is 0. The summed E-state index contributed by atoms with van der Waals surface area (Å²) >= 11 is 1.57. The monoisotopic (exact) mass is 302 g/mol. The fourth-order valence-corrected chi connectivity index (χ4v) is 3.00. The average molecular weight is 302 g/mol. The van der Waals surface area contributed by atoms with Crippen molar-refractivity contribution in [2.75, 3.05) is 11.4 Å². The van der Waals surface area contributed by atoms with Crippen LogP contribution in [0.1, 0.15) is 15.9 Å². The van der Waals surface area contributed by atoms with Gasteiger partial charge in [-0.25, -0.2) is 0 Å². The number of ketones is 1. The van der Waals surface area contributed by atoms with E-state index in [1.54, 1.807) is 11.3 Å². The molecule has 21 heavy (non-hydrogen) atoms. The van der Waals surface area contributed by atoms with Crippen molar-refractivity contribution < 1.29 is 14.5 Å². The molecule has 0 radical (unpaired) electrons. The van der Waals surface area contributed by atoms with E-state index < -0.39 is 16.6 Å². The maximum Gasteiger partial charge on any atom is 0.299 e. The molecule has 0 aliphatic carbocycles. The molecular formula is C14H10N2O4S. The lowest BCUT2D eigenvalue weighted by molar-refractivity contribution is -0.384. The summed E-state index contributed by atoms with van der Waals surface area (Å²) in [5.74, 6) is -1.31. The van der Waals surface area contributed by atoms with Crippen LogP contribution in [0.25, 0.3) is 0 Å². The molecule has 0 atom stereocenters. The largest absolute Gasteiger partial charge is 0.304 e. The van der Waals surface area contributed by atoms with Gasteiger partial charge < -0.3 is 4.90 Å². The fraction of sp³-hybridized carbons (Fsp3) is 0.143. The number of benzene rings is 1. The number of nitro benzene ring substituents is 1. The zero-order chi connectivity index (χ0) is 15.0. The Bertz CT molecular complexity index is 739. The van der Waals surface area contributed by atoms with Crippen LogP contribution in [-0.4, -0.2) is 23.2 Å². The van der Waals surface area contributed by atoms with E-state index in [1.165, 1.54) is 23.1 Å². The second-order valence-corrected chi connectivity index (χ2v) is 5.41. The van der Waals surface area contributed by atoms with Gasteiger partial charge in [0.05, 0.1) is 16.2 Å². The maximum atomic E-state index is 12.0. The Balaban J connectivity index is 1.89. The lowest BCUT2D eigenvalue weighted by Gasteiger charge is -2.15. The van der Waals surface area contributed by atoms with Crippen molar-refractivity contribution in [2.24, 2.45) is 0 Å². The summed E-state index contributed by atoms with van der Waals surface area (Å²) in [6.07, 6.45) is 0.638. The summed E-state index contributed by atoms with van der Waals surface area (Å²) in [5, 5.41) is 14.7. The number of nitrogens with zero attached hydrogens (tertiary/aromatic N) is 2. The van der Waals surface area contributed by atoms with Crippen LogP contribution < -0.4 is 4.90 Å². The van der Waals surface area contributed by atoms with Gasteiger partial charge in [0.15, 0.2) is 0 Å². The molecule has 1 aliphatic heterocycles. The van der Waals surface area contributed by atoms with Crippen LogP contribution in [0.5, 0.6) is 0 Å². The number of carbonyl (C=O) groups is 2. The normalized spacial score (nSPS) is 13.6. The Hall–Kier alpha value is -2.54. The quantitative estimate of drug-likeness (QED) is 0.493. The van der Waals surface area contributed by atoms with Crippen molar-refractivity contribution in [3.05, 3.63) is 56.3 Å². The Morgan fingerprint density at radius 2 is 2.05 bits per heavy atom. The first-order chi connectivity index (χ1) is 10.1. The van der Waals surface area contributed by atoms with Gasteiger partial charge in [0.2, 0.25) is 0 Å². The van der Waals surface area contributed by atoms with Gasteiger partial charge in [-0.1, -0.05) is 0 Å². The Morgan fingerprint density at radius 3 is 2.71 bits per heavy atom. The van der Waals surface area contributed by atoms with Gasteiger partial charge in [-0.2, -0.15) is 11.3 Å². The molecule has 0 fully saturated rings. The number of Topliss-reactive ketones (excluding diaryl/α,β-unsaturated/α-hetero) is 1. The summed E-state index contributed by atoms with van der Waals surface area (Å²) in [5.41, 5.74) is 1.47. The van der Waals surface area contributed by atoms with Crippen LogP contribution in [-0.2, 0) is 11.2 Å². The highest BCUT2D eigenvalue weighted by atomic mass is 32.1. The summed E-state index contributed by atoms with van der Waals surface area (Å²) in [7, 11) is 0. The van der Waals surface area contributed by atoms with Crippen LogP contribution >= 0.6 is 11.3 Å². The second-order valence-electron chi connectivity index (χ2n) is 4.63. The van der Waals surface area contributed by atoms with E-state index >= 15 is 0 Å². The Kier molecular flexibility index (Phi) is 3.26. The third-order valence-electron chi connectivity index (χ3n) is 3.37. The Labute approximate surface area is 123 Å². The molecule has 1 amide bonds. The van der Waals surface area contributed by atoms with Crippen molar-refractivity contribution in [3.63, 3.8) is 0 Å². The molecule has 0 bridgehead atoms. The Morgan fingerprint density at radius 1 is 1.24 bits per heavy atom. The summed E-state index contributed by atoms with van der Waals surface area (Å²) in [6.45, 7) is 0.381. The van der Waals surface area contributed by atoms with E-state index in [0.717, 1.165) is 5.56 Å². The molecule has 0 saturated heterocycles. The molecule has 106 valence electrons. The van der Waals surface area contributed by atoms with Crippen molar-refractivity contribution in [3.8, 4) is 0 Å². The molecule has 2 heterocycles. The molecule has 2 aromatic rings. The summed E-state index contributed by atoms with van der Waals surface area (Å²) in [4.78, 5) is 35.5. The van der Waals surface area contributed by atoms with Crippen molar-refractivity contribution in [1.29, 1.82) is 0 Å². The van der Waals surface area contributed by atoms with Crippen LogP contribution in [0.3, 0.4) is 0 Å². The first-order valence-electron chi connectivity index (χ1n) is 6.23. The topological polar surface area (TPSA) is 80.5 Å². The number of rotatable bonds is 4. The van der Waals surface area contributed by atoms with E-state index in [0.29, 0.717) is 18.7 Å². The lowest BCUT2D eigenvalue weighted by Crippen LogP contribution is -2.31. The molecule has 3 rings (SSSR count). The summed E-state index contributed by atoms with van der Waals surface area (Å²) < 4.78 is 0. The van der Waals surface area contributed by atoms with E-state index in [4.69, 9.17) is 0 Å². The van der Waals surface area contributed by atoms with Gasteiger partial charge in [-0.3, -0.25) is 19.7 Å². The van der Waals surface area contributed by atoms with Crippen molar-refractivity contribution in [1.82, 2.24) is 0 Å². The van der Waals surface area contributed by atoms with Crippen LogP contribution in [0.2, 0.25) is 0 Å². The van der Waals surface area contributed by atoms with Crippen LogP contribution in [0, 0.1) is 10.1 Å². The van der Waals surface area contributed by atoms with E-state index in [9.17, 15) is 19.7 Å². The average Bonchev–Trinajstić information content (AvgIpc) is 3.06. The number of fused-ring (bicyclic) bond motifs is 1. The zero-order valence-corrected chi connectivity index (χ0v) is 11.6. The predicted octanol–water partition coefficient (Wildman–Crippen LogP) is 2.43. The standard InChI is InChI=1S/C14H10N2O4S/c17-13-11-7-10(16(19)20)1-2-12(11)15(14(13)18)5-3-9-4-6-21-8-9/h1-2,4,6-8H,3,5H2. The van der Waals surface area contributed by atoms with Crippen molar-refractivity contribution in [2.45, 2.75) is 6.42 Å². The SMILES string of the molecule is O=C1C(=O)N(CCc2ccsc2)c2ccc([N+](=O)[O-])cc21. The molecule has 6 nitrogen and oxygen atoms in total. The van der Waals surface area contributed by atoms with Gasteiger partial charge in [0, 0.05) is 18.7 Å². The second kappa shape index (κ2) is 5.10. The van der Waals surface area contributed by atoms with Gasteiger partial charge >= 0.3 is 0 Å². The van der Waals surface area contributed by atoms with Crippen LogP contribution in [0.4, 0.5) is 11.4 Å². The molecule has 1 aromatic carbocycles. The number of nitro groups is 1. The third-order valence-corrected chi connectivity index (χ3v) is 4.10. The molecular weight excluding hydrogens is 292 g/mol. The smallest absolute Gasteiger partial charge is 0.299 e. The summed E-state index contributed by atoms with van der Waals surface area (Å²) in [6, 6.07) is 5.90. The molecule has 7 heteroatoms. The fourth-order valence-electron chi connectivity index (χ4n) is 2.30. The van der Waals surface area contributed by atoms with E-state index in [1.807, 2.05) is 16.8 Å². The molecule has 0 saturated carbocycles. The first kappa shape index (κ1) is 13.4. The zero-order valence-electron chi connectivity index (χ0n) is 10.8. The highest BCUT2D eigenvalue weighted by Gasteiger charge is 2.36. The molecule has 0 N–H and O–H groups in total. The molecule has 0 unspecified atom stereocenters. The van der Waals surface area contributed by atoms with Gasteiger partial charge in [-0.15, -0.1) is 0 Å². The lowest BCUT2D eigenvalue weighted by atomic mass is 10.1. The minimum absolute atomic E-state index is 0.111. The maximum absolute atomic E-state index is 12.0. The highest BCUT2D eigenvalue weighted by molar-refractivity contribution is 7.07. The number of carbonyl (C=O) groups excluding carboxylic acids is 2. The molecule has 1 aromatic heterocycles. The van der Waals surface area contributed by atoms with E-state index in [-0.39, 0.29) is 11.3 Å². The number of hydrogen-bond acceptors (Lipinski definition) is 5. The molecule has 0 spiro atoms. The van der Waals surface area contributed by atoms with Gasteiger partial charge in [0.25, 0.3) is 17.4 Å². The highest BCUT2D eigenvalue weighted by Crippen LogP contribution is 2.32. The van der Waals surface area contributed by atoms with Crippen molar-refractivity contribution >= 4 is 34.4 Å². The number of anilines is 1. The number of thiophene rings is 1. The predicted molar refractivity (Wildman–Crippen MR) is 77.8 cm³/mol. The van der Waals surface area contributed by atoms with E-state index in [2.05, 4.69) is 0 Å². The third kappa shape index (κ3) is 2.31. The first-order valence-corrected chi connectivity index (χ1v) is 7.18. The van der Waals surface area contributed by atoms with Gasteiger partial charge in [-0.05, 0) is 34.9 Å². The number of non-ortho nitro benzene ring substituents is 1. The molecule has 1 aliphatic rings. The number of amides is 1. The van der Waals surface area contributed by atoms with Gasteiger partial charge in [0.1, 0.15) is 0 Å².